The lowest BCUT2D eigenvalue weighted by molar-refractivity contribution is 0.100. The molecule has 2 aromatic rings. The average Bonchev–Trinajstić information content (AvgIpc) is 2.95. The Labute approximate surface area is 114 Å². The smallest absolute Gasteiger partial charge is 0.196 e. The summed E-state index contributed by atoms with van der Waals surface area (Å²) in [4.78, 5) is 16.5. The molecule has 2 heterocycles. The Kier molecular flexibility index (Phi) is 3.05. The number of ether oxygens (including phenoxy) is 2. The summed E-state index contributed by atoms with van der Waals surface area (Å²) in [5.74, 6) is 1.21. The molecule has 0 radical (unpaired) electrons. The molecule has 0 saturated heterocycles. The van der Waals surface area contributed by atoms with Crippen LogP contribution in [0.5, 0.6) is 11.5 Å². The van der Waals surface area contributed by atoms with Crippen molar-refractivity contribution in [3.05, 3.63) is 45.9 Å². The fourth-order valence-electron chi connectivity index (χ4n) is 1.90. The molecule has 0 N–H and O–H groups in total. The van der Waals surface area contributed by atoms with E-state index >= 15 is 0 Å². The highest BCUT2D eigenvalue weighted by Gasteiger charge is 2.24. The average molecular weight is 273 g/mol. The number of hydrogen-bond acceptors (Lipinski definition) is 5. The Balaban J connectivity index is 1.99. The number of aromatic nitrogens is 1. The van der Waals surface area contributed by atoms with Crippen LogP contribution in [-0.2, 0) is 0 Å². The first kappa shape index (κ1) is 11.9. The van der Waals surface area contributed by atoms with Gasteiger partial charge in [-0.2, -0.15) is 0 Å². The normalized spacial score (nSPS) is 16.1. The van der Waals surface area contributed by atoms with Crippen LogP contribution in [0.3, 0.4) is 0 Å². The van der Waals surface area contributed by atoms with Crippen LogP contribution in [0.2, 0.25) is 0 Å². The molecular formula is C14H11NO3S. The van der Waals surface area contributed by atoms with Crippen molar-refractivity contribution in [2.45, 2.75) is 0 Å². The summed E-state index contributed by atoms with van der Waals surface area (Å²) >= 11 is 1.49. The van der Waals surface area contributed by atoms with Crippen molar-refractivity contribution in [2.75, 3.05) is 13.7 Å². The predicted molar refractivity (Wildman–Crippen MR) is 72.9 cm³/mol. The minimum atomic E-state index is -0.0321. The molecule has 0 atom stereocenters. The zero-order valence-electron chi connectivity index (χ0n) is 10.3. The molecule has 4 nitrogen and oxygen atoms in total. The van der Waals surface area contributed by atoms with Crippen LogP contribution < -0.4 is 9.47 Å². The topological polar surface area (TPSA) is 48.4 Å². The van der Waals surface area contributed by atoms with Crippen LogP contribution >= 0.6 is 11.3 Å². The van der Waals surface area contributed by atoms with E-state index in [1.807, 2.05) is 5.38 Å². The molecule has 5 heteroatoms. The van der Waals surface area contributed by atoms with Crippen LogP contribution in [-0.4, -0.2) is 24.5 Å². The van der Waals surface area contributed by atoms with Gasteiger partial charge in [-0.15, -0.1) is 11.3 Å². The number of carbonyl (C=O) groups excluding carboxylic acids is 1. The van der Waals surface area contributed by atoms with Gasteiger partial charge in [-0.3, -0.25) is 4.79 Å². The molecule has 0 bridgehead atoms. The van der Waals surface area contributed by atoms with Gasteiger partial charge in [0.1, 0.15) is 23.1 Å². The predicted octanol–water partition coefficient (Wildman–Crippen LogP) is 2.81. The highest BCUT2D eigenvalue weighted by molar-refractivity contribution is 7.10. The van der Waals surface area contributed by atoms with E-state index in [2.05, 4.69) is 4.98 Å². The molecule has 1 aromatic heterocycles. The number of methoxy groups -OCH3 is 1. The number of hydrogen-bond donors (Lipinski definition) is 0. The second-order valence-electron chi connectivity index (χ2n) is 4.02. The fourth-order valence-corrected chi connectivity index (χ4v) is 2.49. The standard InChI is InChI=1S/C14H11NO3S/c1-17-10-2-3-12-11(7-10)14(16)9(8-18-12)6-13-15-4-5-19-13/h2-7H,8H2,1H3/b9-6+. The first-order valence-corrected chi connectivity index (χ1v) is 6.61. The number of carbonyl (C=O) groups is 1. The lowest BCUT2D eigenvalue weighted by Crippen LogP contribution is -2.19. The third kappa shape index (κ3) is 2.24. The molecule has 0 amide bonds. The summed E-state index contributed by atoms with van der Waals surface area (Å²) < 4.78 is 10.7. The van der Waals surface area contributed by atoms with Crippen LogP contribution in [0, 0.1) is 0 Å². The van der Waals surface area contributed by atoms with E-state index < -0.39 is 0 Å². The summed E-state index contributed by atoms with van der Waals surface area (Å²) in [6.07, 6.45) is 3.48. The summed E-state index contributed by atoms with van der Waals surface area (Å²) in [7, 11) is 1.57. The van der Waals surface area contributed by atoms with E-state index in [0.29, 0.717) is 22.6 Å². The van der Waals surface area contributed by atoms with Crippen LogP contribution in [0.15, 0.2) is 35.3 Å². The van der Waals surface area contributed by atoms with Crippen molar-refractivity contribution in [2.24, 2.45) is 0 Å². The number of nitrogens with zero attached hydrogens (tertiary/aromatic N) is 1. The Morgan fingerprint density at radius 1 is 1.47 bits per heavy atom. The van der Waals surface area contributed by atoms with Crippen molar-refractivity contribution in [3.63, 3.8) is 0 Å². The second kappa shape index (κ2) is 4.85. The number of thiazole rings is 1. The summed E-state index contributed by atoms with van der Waals surface area (Å²) in [6.45, 7) is 0.276. The monoisotopic (exact) mass is 273 g/mol. The quantitative estimate of drug-likeness (QED) is 0.789. The van der Waals surface area contributed by atoms with Crippen LogP contribution in [0.25, 0.3) is 6.08 Å². The van der Waals surface area contributed by atoms with Gasteiger partial charge in [0.15, 0.2) is 5.78 Å². The molecule has 0 saturated carbocycles. The largest absolute Gasteiger partial charge is 0.497 e. The third-order valence-electron chi connectivity index (χ3n) is 2.86. The molecule has 19 heavy (non-hydrogen) atoms. The van der Waals surface area contributed by atoms with Gasteiger partial charge in [-0.25, -0.2) is 4.98 Å². The number of fused-ring (bicyclic) bond motifs is 1. The molecule has 1 aliphatic rings. The van der Waals surface area contributed by atoms with Gasteiger partial charge in [-0.05, 0) is 24.3 Å². The molecule has 96 valence electrons. The Bertz CT molecular complexity index is 647. The molecule has 0 spiro atoms. The number of benzene rings is 1. The van der Waals surface area contributed by atoms with Gasteiger partial charge in [0, 0.05) is 17.2 Å². The highest BCUT2D eigenvalue weighted by atomic mass is 32.1. The Hall–Kier alpha value is -2.14. The fraction of sp³-hybridized carbons (Fsp3) is 0.143. The van der Waals surface area contributed by atoms with Gasteiger partial charge in [-0.1, -0.05) is 0 Å². The number of ketones is 1. The van der Waals surface area contributed by atoms with E-state index in [1.165, 1.54) is 11.3 Å². The maximum Gasteiger partial charge on any atom is 0.196 e. The van der Waals surface area contributed by atoms with Crippen LogP contribution in [0.4, 0.5) is 0 Å². The van der Waals surface area contributed by atoms with E-state index in [4.69, 9.17) is 9.47 Å². The second-order valence-corrected chi connectivity index (χ2v) is 4.95. The number of Topliss-reactive ketones (excluding diaryl/α,β-unsaturated/α-hetero) is 1. The summed E-state index contributed by atoms with van der Waals surface area (Å²) in [6, 6.07) is 5.24. The molecular weight excluding hydrogens is 262 g/mol. The highest BCUT2D eigenvalue weighted by Crippen LogP contribution is 2.31. The molecule has 0 unspecified atom stereocenters. The van der Waals surface area contributed by atoms with Crippen molar-refractivity contribution >= 4 is 23.2 Å². The lowest BCUT2D eigenvalue weighted by Gasteiger charge is -2.19. The minimum absolute atomic E-state index is 0.0321. The number of rotatable bonds is 2. The molecule has 3 rings (SSSR count). The van der Waals surface area contributed by atoms with Gasteiger partial charge >= 0.3 is 0 Å². The zero-order chi connectivity index (χ0) is 13.2. The summed E-state index contributed by atoms with van der Waals surface area (Å²) in [5, 5.41) is 2.68. The van der Waals surface area contributed by atoms with Gasteiger partial charge in [0.25, 0.3) is 0 Å². The van der Waals surface area contributed by atoms with E-state index in [-0.39, 0.29) is 12.4 Å². The van der Waals surface area contributed by atoms with Crippen molar-refractivity contribution < 1.29 is 14.3 Å². The van der Waals surface area contributed by atoms with E-state index in [1.54, 1.807) is 37.6 Å². The lowest BCUT2D eigenvalue weighted by atomic mass is 10.00. The SMILES string of the molecule is COc1ccc2c(c1)C(=O)/C(=C/c1nccs1)CO2. The molecule has 0 aliphatic carbocycles. The van der Waals surface area contributed by atoms with E-state index in [9.17, 15) is 4.79 Å². The minimum Gasteiger partial charge on any atom is -0.497 e. The first-order chi connectivity index (χ1) is 9.28. The van der Waals surface area contributed by atoms with Crippen molar-refractivity contribution in [1.29, 1.82) is 0 Å². The van der Waals surface area contributed by atoms with E-state index in [0.717, 1.165) is 5.01 Å². The van der Waals surface area contributed by atoms with Crippen LogP contribution in [0.1, 0.15) is 15.4 Å². The van der Waals surface area contributed by atoms with Gasteiger partial charge < -0.3 is 9.47 Å². The van der Waals surface area contributed by atoms with Gasteiger partial charge in [0.05, 0.1) is 12.7 Å². The summed E-state index contributed by atoms with van der Waals surface area (Å²) in [5.41, 5.74) is 1.14. The zero-order valence-corrected chi connectivity index (χ0v) is 11.1. The van der Waals surface area contributed by atoms with Gasteiger partial charge in [0.2, 0.25) is 0 Å². The molecule has 1 aliphatic heterocycles. The Morgan fingerprint density at radius 2 is 2.37 bits per heavy atom. The van der Waals surface area contributed by atoms with Crippen molar-refractivity contribution in [3.8, 4) is 11.5 Å². The van der Waals surface area contributed by atoms with Crippen molar-refractivity contribution in [1.82, 2.24) is 4.98 Å². The first-order valence-electron chi connectivity index (χ1n) is 5.73. The third-order valence-corrected chi connectivity index (χ3v) is 3.58. The maximum atomic E-state index is 12.4. The molecule has 1 aromatic carbocycles. The maximum absolute atomic E-state index is 12.4. The molecule has 0 fully saturated rings. The Morgan fingerprint density at radius 3 is 3.11 bits per heavy atom.